The Balaban J connectivity index is 5.09. The molecule has 142 valence electrons. The van der Waals surface area contributed by atoms with Crippen LogP contribution in [0.15, 0.2) is 0 Å². The van der Waals surface area contributed by atoms with Gasteiger partial charge >= 0.3 is 0 Å². The van der Waals surface area contributed by atoms with Crippen molar-refractivity contribution in [3.63, 3.8) is 0 Å². The molecule has 24 heavy (non-hydrogen) atoms. The van der Waals surface area contributed by atoms with Gasteiger partial charge in [-0.05, 0) is 32.1 Å². The van der Waals surface area contributed by atoms with Gasteiger partial charge in [-0.25, -0.2) is 0 Å². The average molecular weight is 339 g/mol. The third kappa shape index (κ3) is 8.44. The zero-order chi connectivity index (χ0) is 18.4. The van der Waals surface area contributed by atoms with Gasteiger partial charge in [0.25, 0.3) is 0 Å². The Bertz CT molecular complexity index is 307. The summed E-state index contributed by atoms with van der Waals surface area (Å²) in [5.41, 5.74) is 0. The summed E-state index contributed by atoms with van der Waals surface area (Å²) >= 11 is 0. The number of rotatable bonds is 16. The summed E-state index contributed by atoms with van der Waals surface area (Å²) in [6, 6.07) is 0. The summed E-state index contributed by atoms with van der Waals surface area (Å²) in [6.45, 7) is 10.7. The van der Waals surface area contributed by atoms with E-state index < -0.39 is 0 Å². The van der Waals surface area contributed by atoms with Crippen LogP contribution in [0.5, 0.6) is 0 Å². The van der Waals surface area contributed by atoms with Gasteiger partial charge in [-0.15, -0.1) is 0 Å². The molecule has 2 heteroatoms. The molecule has 0 aliphatic heterocycles. The summed E-state index contributed by atoms with van der Waals surface area (Å²) in [4.78, 5) is 26.2. The van der Waals surface area contributed by atoms with Crippen molar-refractivity contribution >= 4 is 11.6 Å². The van der Waals surface area contributed by atoms with Gasteiger partial charge in [-0.1, -0.05) is 79.6 Å². The van der Waals surface area contributed by atoms with Crippen molar-refractivity contribution in [2.45, 2.75) is 112 Å². The van der Waals surface area contributed by atoms with Gasteiger partial charge in [0.05, 0.1) is 5.92 Å². The highest BCUT2D eigenvalue weighted by Gasteiger charge is 2.33. The fourth-order valence-electron chi connectivity index (χ4n) is 3.59. The molecule has 0 aromatic heterocycles. The van der Waals surface area contributed by atoms with Crippen molar-refractivity contribution in [3.05, 3.63) is 0 Å². The molecule has 2 unspecified atom stereocenters. The fourth-order valence-corrected chi connectivity index (χ4v) is 3.59. The molecule has 0 heterocycles. The van der Waals surface area contributed by atoms with E-state index >= 15 is 0 Å². The smallest absolute Gasteiger partial charge is 0.146 e. The highest BCUT2D eigenvalue weighted by molar-refractivity contribution is 6.04. The summed E-state index contributed by atoms with van der Waals surface area (Å²) in [5, 5.41) is 0. The first-order valence-corrected chi connectivity index (χ1v) is 10.6. The Morgan fingerprint density at radius 2 is 1.00 bits per heavy atom. The van der Waals surface area contributed by atoms with Crippen molar-refractivity contribution in [3.8, 4) is 0 Å². The predicted octanol–water partition coefficient (Wildman–Crippen LogP) is 6.75. The maximum Gasteiger partial charge on any atom is 0.146 e. The highest BCUT2D eigenvalue weighted by atomic mass is 16.2. The molecule has 0 aliphatic carbocycles. The molecule has 0 bridgehead atoms. The summed E-state index contributed by atoms with van der Waals surface area (Å²) in [5.74, 6) is 0.345. The molecule has 0 aromatic rings. The number of hydrogen-bond acceptors (Lipinski definition) is 2. The molecule has 0 aromatic carbocycles. The molecule has 0 rings (SSSR count). The van der Waals surface area contributed by atoms with Crippen LogP contribution in [-0.4, -0.2) is 11.6 Å². The van der Waals surface area contributed by atoms with Crippen LogP contribution in [-0.2, 0) is 9.59 Å². The minimum atomic E-state index is -0.333. The molecule has 2 atom stereocenters. The molecule has 0 spiro atoms. The normalized spacial score (nSPS) is 15.0. The second-order valence-corrected chi connectivity index (χ2v) is 7.35. The van der Waals surface area contributed by atoms with Gasteiger partial charge in [0.2, 0.25) is 0 Å². The Hall–Kier alpha value is -0.660. The van der Waals surface area contributed by atoms with Crippen LogP contribution in [0.2, 0.25) is 0 Å². The van der Waals surface area contributed by atoms with Crippen LogP contribution in [0, 0.1) is 17.8 Å². The number of carbonyl (C=O) groups is 2. The predicted molar refractivity (Wildman–Crippen MR) is 104 cm³/mol. The summed E-state index contributed by atoms with van der Waals surface area (Å²) in [6.07, 6.45) is 12.1. The van der Waals surface area contributed by atoms with Crippen molar-refractivity contribution in [1.29, 1.82) is 0 Å². The van der Waals surface area contributed by atoms with Crippen LogP contribution in [0.3, 0.4) is 0 Å². The molecule has 0 radical (unpaired) electrons. The summed E-state index contributed by atoms with van der Waals surface area (Å²) < 4.78 is 0. The number of unbranched alkanes of at least 4 members (excludes halogenated alkanes) is 4. The van der Waals surface area contributed by atoms with Gasteiger partial charge in [0, 0.05) is 11.8 Å². The van der Waals surface area contributed by atoms with Crippen LogP contribution < -0.4 is 0 Å². The third-order valence-corrected chi connectivity index (χ3v) is 5.39. The minimum absolute atomic E-state index is 0.0872. The third-order valence-electron chi connectivity index (χ3n) is 5.39. The molecule has 0 fully saturated rings. The SMILES string of the molecule is CCCCCC(C(=O)C(CC)CCCC)C(=O)C(CC)CCCC. The molecular formula is C22H42O2. The monoisotopic (exact) mass is 338 g/mol. The number of hydrogen-bond donors (Lipinski definition) is 0. The first-order valence-electron chi connectivity index (χ1n) is 10.6. The van der Waals surface area contributed by atoms with Crippen molar-refractivity contribution in [1.82, 2.24) is 0 Å². The van der Waals surface area contributed by atoms with E-state index in [2.05, 4.69) is 34.6 Å². The molecule has 0 amide bonds. The lowest BCUT2D eigenvalue weighted by molar-refractivity contribution is -0.138. The van der Waals surface area contributed by atoms with E-state index in [4.69, 9.17) is 0 Å². The maximum absolute atomic E-state index is 13.1. The average Bonchev–Trinajstić information content (AvgIpc) is 2.59. The molecular weight excluding hydrogens is 296 g/mol. The zero-order valence-corrected chi connectivity index (χ0v) is 17.0. The lowest BCUT2D eigenvalue weighted by Gasteiger charge is -2.24. The number of ketones is 2. The van der Waals surface area contributed by atoms with Gasteiger partial charge in [0.1, 0.15) is 11.6 Å². The van der Waals surface area contributed by atoms with Crippen LogP contribution in [0.1, 0.15) is 112 Å². The quantitative estimate of drug-likeness (QED) is 0.230. The Morgan fingerprint density at radius 1 is 0.583 bits per heavy atom. The fraction of sp³-hybridized carbons (Fsp3) is 0.909. The largest absolute Gasteiger partial charge is 0.299 e. The molecule has 0 aliphatic rings. The topological polar surface area (TPSA) is 34.1 Å². The van der Waals surface area contributed by atoms with Gasteiger partial charge in [-0.2, -0.15) is 0 Å². The van der Waals surface area contributed by atoms with E-state index in [1.165, 1.54) is 0 Å². The lowest BCUT2D eigenvalue weighted by Crippen LogP contribution is -2.34. The highest BCUT2D eigenvalue weighted by Crippen LogP contribution is 2.27. The van der Waals surface area contributed by atoms with Crippen molar-refractivity contribution < 1.29 is 9.59 Å². The molecule has 2 nitrogen and oxygen atoms in total. The van der Waals surface area contributed by atoms with E-state index in [9.17, 15) is 9.59 Å². The Morgan fingerprint density at radius 3 is 1.33 bits per heavy atom. The van der Waals surface area contributed by atoms with E-state index in [-0.39, 0.29) is 29.3 Å². The minimum Gasteiger partial charge on any atom is -0.299 e. The lowest BCUT2D eigenvalue weighted by atomic mass is 9.77. The number of Topliss-reactive ketones (excluding diaryl/α,β-unsaturated/α-hetero) is 2. The van der Waals surface area contributed by atoms with Gasteiger partial charge in [-0.3, -0.25) is 9.59 Å². The standard InChI is InChI=1S/C22H42O2/c1-6-11-14-17-20(21(23)18(9-4)15-12-7-2)22(24)19(10-5)16-13-8-3/h18-20H,6-17H2,1-5H3. The van der Waals surface area contributed by atoms with Gasteiger partial charge in [0.15, 0.2) is 0 Å². The summed E-state index contributed by atoms with van der Waals surface area (Å²) in [7, 11) is 0. The van der Waals surface area contributed by atoms with E-state index in [1.807, 2.05) is 0 Å². The van der Waals surface area contributed by atoms with Crippen molar-refractivity contribution in [2.75, 3.05) is 0 Å². The molecule has 0 saturated heterocycles. The molecule has 0 N–H and O–H groups in total. The van der Waals surface area contributed by atoms with E-state index in [0.29, 0.717) is 0 Å². The Labute approximate surface area is 151 Å². The van der Waals surface area contributed by atoms with Crippen LogP contribution in [0.25, 0.3) is 0 Å². The van der Waals surface area contributed by atoms with Crippen LogP contribution in [0.4, 0.5) is 0 Å². The van der Waals surface area contributed by atoms with Crippen molar-refractivity contribution in [2.24, 2.45) is 17.8 Å². The van der Waals surface area contributed by atoms with E-state index in [0.717, 1.165) is 77.0 Å². The maximum atomic E-state index is 13.1. The second-order valence-electron chi connectivity index (χ2n) is 7.35. The first kappa shape index (κ1) is 23.3. The zero-order valence-electron chi connectivity index (χ0n) is 17.0. The second kappa shape index (κ2) is 14.7. The molecule has 0 saturated carbocycles. The first-order chi connectivity index (χ1) is 11.6. The van der Waals surface area contributed by atoms with Gasteiger partial charge < -0.3 is 0 Å². The number of carbonyl (C=O) groups excluding carboxylic acids is 2. The van der Waals surface area contributed by atoms with E-state index in [1.54, 1.807) is 0 Å². The van der Waals surface area contributed by atoms with Crippen LogP contribution >= 0.6 is 0 Å². The Kier molecular flexibility index (Phi) is 14.3.